The summed E-state index contributed by atoms with van der Waals surface area (Å²) in [4.78, 5) is 14.8. The number of anilines is 1. The van der Waals surface area contributed by atoms with E-state index in [4.69, 9.17) is 5.73 Å². The van der Waals surface area contributed by atoms with Crippen LogP contribution in [0, 0.1) is 5.92 Å². The maximum atomic E-state index is 12.7. The Labute approximate surface area is 114 Å². The second-order valence-electron chi connectivity index (χ2n) is 5.87. The summed E-state index contributed by atoms with van der Waals surface area (Å²) in [6.45, 7) is 0.921. The average Bonchev–Trinajstić information content (AvgIpc) is 2.47. The third-order valence-corrected chi connectivity index (χ3v) is 4.66. The van der Waals surface area contributed by atoms with E-state index in [1.165, 1.54) is 32.1 Å². The molecule has 1 aromatic rings. The van der Waals surface area contributed by atoms with E-state index in [0.717, 1.165) is 24.4 Å². The van der Waals surface area contributed by atoms with E-state index in [0.29, 0.717) is 11.7 Å². The van der Waals surface area contributed by atoms with Crippen LogP contribution in [0.2, 0.25) is 0 Å². The van der Waals surface area contributed by atoms with E-state index in [9.17, 15) is 4.79 Å². The minimum absolute atomic E-state index is 0.191. The maximum absolute atomic E-state index is 12.7. The molecule has 1 saturated carbocycles. The zero-order valence-corrected chi connectivity index (χ0v) is 11.3. The van der Waals surface area contributed by atoms with Gasteiger partial charge < -0.3 is 10.6 Å². The molecule has 0 aromatic heterocycles. The Bertz CT molecular complexity index is 452. The largest absolute Gasteiger partial charge is 0.399 e. The van der Waals surface area contributed by atoms with Crippen molar-refractivity contribution in [3.05, 3.63) is 29.8 Å². The van der Waals surface area contributed by atoms with Gasteiger partial charge in [0.2, 0.25) is 0 Å². The highest BCUT2D eigenvalue weighted by Crippen LogP contribution is 2.35. The number of nitrogens with two attached hydrogens (primary N) is 1. The predicted octanol–water partition coefficient (Wildman–Crippen LogP) is 3.06. The molecule has 1 aliphatic carbocycles. The van der Waals surface area contributed by atoms with Crippen molar-refractivity contribution in [2.45, 2.75) is 44.6 Å². The molecular weight excluding hydrogens is 236 g/mol. The van der Waals surface area contributed by atoms with Crippen molar-refractivity contribution >= 4 is 11.6 Å². The fourth-order valence-electron chi connectivity index (χ4n) is 3.67. The summed E-state index contributed by atoms with van der Waals surface area (Å²) in [6.07, 6.45) is 7.55. The number of carbonyl (C=O) groups excluding carboxylic acids is 1. The van der Waals surface area contributed by atoms with Crippen LogP contribution in [0.5, 0.6) is 0 Å². The Morgan fingerprint density at radius 3 is 2.53 bits per heavy atom. The lowest BCUT2D eigenvalue weighted by Crippen LogP contribution is -2.49. The number of hydrogen-bond donors (Lipinski definition) is 1. The number of nitrogens with zero attached hydrogens (tertiary/aromatic N) is 1. The molecule has 2 atom stereocenters. The molecule has 1 aromatic carbocycles. The first-order valence-electron chi connectivity index (χ1n) is 7.42. The van der Waals surface area contributed by atoms with Crippen molar-refractivity contribution < 1.29 is 4.79 Å². The number of likely N-dealkylation sites (tertiary alicyclic amines) is 1. The molecule has 3 nitrogen and oxygen atoms in total. The van der Waals surface area contributed by atoms with E-state index < -0.39 is 0 Å². The molecule has 1 amide bonds. The van der Waals surface area contributed by atoms with Crippen LogP contribution in [0.15, 0.2) is 24.3 Å². The molecule has 1 saturated heterocycles. The number of piperidine rings is 1. The van der Waals surface area contributed by atoms with Crippen LogP contribution >= 0.6 is 0 Å². The first kappa shape index (κ1) is 12.5. The summed E-state index contributed by atoms with van der Waals surface area (Å²) in [6, 6.07) is 7.81. The second kappa shape index (κ2) is 5.24. The number of nitrogen functional groups attached to an aromatic ring is 1. The van der Waals surface area contributed by atoms with Gasteiger partial charge in [-0.2, -0.15) is 0 Å². The van der Waals surface area contributed by atoms with Crippen LogP contribution in [0.1, 0.15) is 48.9 Å². The van der Waals surface area contributed by atoms with Gasteiger partial charge in [0.25, 0.3) is 5.91 Å². The summed E-state index contributed by atoms with van der Waals surface area (Å²) in [7, 11) is 0. The smallest absolute Gasteiger partial charge is 0.254 e. The van der Waals surface area contributed by atoms with Gasteiger partial charge in [0.1, 0.15) is 0 Å². The number of rotatable bonds is 1. The molecule has 0 spiro atoms. The molecular formula is C16H22N2O. The van der Waals surface area contributed by atoms with E-state index in [1.54, 1.807) is 0 Å². The van der Waals surface area contributed by atoms with Gasteiger partial charge in [0.15, 0.2) is 0 Å². The zero-order valence-electron chi connectivity index (χ0n) is 11.3. The summed E-state index contributed by atoms with van der Waals surface area (Å²) in [5, 5.41) is 0. The molecule has 3 rings (SSSR count). The van der Waals surface area contributed by atoms with Crippen molar-refractivity contribution in [3.8, 4) is 0 Å². The molecule has 102 valence electrons. The number of fused-ring (bicyclic) bond motifs is 1. The number of hydrogen-bond acceptors (Lipinski definition) is 2. The lowest BCUT2D eigenvalue weighted by molar-refractivity contribution is 0.0391. The Balaban J connectivity index is 1.79. The predicted molar refractivity (Wildman–Crippen MR) is 76.9 cm³/mol. The highest BCUT2D eigenvalue weighted by atomic mass is 16.2. The highest BCUT2D eigenvalue weighted by molar-refractivity contribution is 5.94. The second-order valence-corrected chi connectivity index (χ2v) is 5.87. The molecule has 2 fully saturated rings. The average molecular weight is 258 g/mol. The van der Waals surface area contributed by atoms with Gasteiger partial charge in [0.05, 0.1) is 0 Å². The van der Waals surface area contributed by atoms with Crippen LogP contribution in [-0.4, -0.2) is 23.4 Å². The van der Waals surface area contributed by atoms with Crippen molar-refractivity contribution in [1.29, 1.82) is 0 Å². The van der Waals surface area contributed by atoms with E-state index >= 15 is 0 Å². The van der Waals surface area contributed by atoms with Gasteiger partial charge in [-0.05, 0) is 55.9 Å². The molecule has 0 bridgehead atoms. The SMILES string of the molecule is Nc1ccc(C(=O)N2CCCC3CCCCC32)cc1. The summed E-state index contributed by atoms with van der Waals surface area (Å²) >= 11 is 0. The van der Waals surface area contributed by atoms with Crippen molar-refractivity contribution in [2.75, 3.05) is 12.3 Å². The molecule has 1 aliphatic heterocycles. The van der Waals surface area contributed by atoms with Crippen molar-refractivity contribution in [2.24, 2.45) is 5.92 Å². The Morgan fingerprint density at radius 2 is 1.74 bits per heavy atom. The summed E-state index contributed by atoms with van der Waals surface area (Å²) in [5.41, 5.74) is 7.18. The fraction of sp³-hybridized carbons (Fsp3) is 0.562. The van der Waals surface area contributed by atoms with Gasteiger partial charge in [0, 0.05) is 23.8 Å². The number of carbonyl (C=O) groups is 1. The Kier molecular flexibility index (Phi) is 3.45. The zero-order chi connectivity index (χ0) is 13.2. The lowest BCUT2D eigenvalue weighted by Gasteiger charge is -2.44. The fourth-order valence-corrected chi connectivity index (χ4v) is 3.67. The van der Waals surface area contributed by atoms with Crippen LogP contribution in [-0.2, 0) is 0 Å². The van der Waals surface area contributed by atoms with Gasteiger partial charge in [-0.3, -0.25) is 4.79 Å². The molecule has 0 radical (unpaired) electrons. The monoisotopic (exact) mass is 258 g/mol. The third-order valence-electron chi connectivity index (χ3n) is 4.66. The maximum Gasteiger partial charge on any atom is 0.254 e. The Hall–Kier alpha value is -1.51. The minimum atomic E-state index is 0.191. The number of benzene rings is 1. The van der Waals surface area contributed by atoms with E-state index in [2.05, 4.69) is 4.90 Å². The molecule has 3 heteroatoms. The summed E-state index contributed by atoms with van der Waals surface area (Å²) < 4.78 is 0. The van der Waals surface area contributed by atoms with Gasteiger partial charge in [-0.15, -0.1) is 0 Å². The van der Waals surface area contributed by atoms with Crippen LogP contribution in [0.3, 0.4) is 0 Å². The molecule has 1 heterocycles. The van der Waals surface area contributed by atoms with Crippen LogP contribution in [0.4, 0.5) is 5.69 Å². The third kappa shape index (κ3) is 2.46. The normalized spacial score (nSPS) is 26.8. The number of amides is 1. The standard InChI is InChI=1S/C16H22N2O/c17-14-9-7-13(8-10-14)16(19)18-11-3-5-12-4-1-2-6-15(12)18/h7-10,12,15H,1-6,11,17H2. The van der Waals surface area contributed by atoms with Crippen LogP contribution in [0.25, 0.3) is 0 Å². The van der Waals surface area contributed by atoms with Gasteiger partial charge in [-0.1, -0.05) is 12.8 Å². The lowest BCUT2D eigenvalue weighted by atomic mass is 9.78. The molecule has 2 unspecified atom stereocenters. The first-order chi connectivity index (χ1) is 9.25. The van der Waals surface area contributed by atoms with Gasteiger partial charge >= 0.3 is 0 Å². The summed E-state index contributed by atoms with van der Waals surface area (Å²) in [5.74, 6) is 0.928. The topological polar surface area (TPSA) is 46.3 Å². The quantitative estimate of drug-likeness (QED) is 0.787. The van der Waals surface area contributed by atoms with Crippen LogP contribution < -0.4 is 5.73 Å². The van der Waals surface area contributed by atoms with E-state index in [-0.39, 0.29) is 5.91 Å². The molecule has 19 heavy (non-hydrogen) atoms. The highest BCUT2D eigenvalue weighted by Gasteiger charge is 2.35. The first-order valence-corrected chi connectivity index (χ1v) is 7.42. The molecule has 2 N–H and O–H groups in total. The van der Waals surface area contributed by atoms with E-state index in [1.807, 2.05) is 24.3 Å². The Morgan fingerprint density at radius 1 is 1.05 bits per heavy atom. The minimum Gasteiger partial charge on any atom is -0.399 e. The van der Waals surface area contributed by atoms with Crippen molar-refractivity contribution in [1.82, 2.24) is 4.90 Å². The van der Waals surface area contributed by atoms with Crippen molar-refractivity contribution in [3.63, 3.8) is 0 Å². The molecule has 2 aliphatic rings. The van der Waals surface area contributed by atoms with Gasteiger partial charge in [-0.25, -0.2) is 0 Å².